The Bertz CT molecular complexity index is 1040. The molecule has 2 N–H and O–H groups in total. The lowest BCUT2D eigenvalue weighted by Gasteiger charge is -2.11. The number of aromatic nitrogens is 1. The fourth-order valence-corrected chi connectivity index (χ4v) is 3.00. The number of H-pyrrole nitrogens is 1. The van der Waals surface area contributed by atoms with E-state index in [4.69, 9.17) is 23.2 Å². The molecule has 0 spiro atoms. The summed E-state index contributed by atoms with van der Waals surface area (Å²) < 4.78 is 0. The number of pyridine rings is 1. The van der Waals surface area contributed by atoms with Gasteiger partial charge in [0, 0.05) is 18.0 Å². The Kier molecular flexibility index (Phi) is 4.88. The van der Waals surface area contributed by atoms with E-state index in [0.29, 0.717) is 22.0 Å². The smallest absolute Gasteiger partial charge is 0.257 e. The van der Waals surface area contributed by atoms with Crippen LogP contribution in [0.5, 0.6) is 0 Å². The summed E-state index contributed by atoms with van der Waals surface area (Å²) in [6.45, 7) is 0. The molecule has 25 heavy (non-hydrogen) atoms. The van der Waals surface area contributed by atoms with Crippen LogP contribution >= 0.6 is 23.2 Å². The van der Waals surface area contributed by atoms with Crippen molar-refractivity contribution in [3.05, 3.63) is 74.1 Å². The molecule has 3 aromatic rings. The minimum Gasteiger partial charge on any atom is -0.329 e. The molecule has 0 bridgehead atoms. The van der Waals surface area contributed by atoms with Crippen LogP contribution in [0.1, 0.15) is 15.9 Å². The van der Waals surface area contributed by atoms with Gasteiger partial charge in [0.15, 0.2) is 0 Å². The summed E-state index contributed by atoms with van der Waals surface area (Å²) in [7, 11) is 0. The van der Waals surface area contributed by atoms with Crippen LogP contribution < -0.4 is 10.9 Å². The second kappa shape index (κ2) is 7.09. The molecule has 1 heterocycles. The molecule has 7 heteroatoms. The number of amides is 1. The first-order chi connectivity index (χ1) is 12.0. The highest BCUT2D eigenvalue weighted by Crippen LogP contribution is 2.28. The minimum absolute atomic E-state index is 0.124. The summed E-state index contributed by atoms with van der Waals surface area (Å²) in [4.78, 5) is 37.6. The van der Waals surface area contributed by atoms with Crippen LogP contribution in [0.2, 0.25) is 10.0 Å². The minimum atomic E-state index is -0.455. The van der Waals surface area contributed by atoms with Gasteiger partial charge in [-0.3, -0.25) is 9.59 Å². The number of fused-ring (bicyclic) bond motifs is 1. The predicted octanol–water partition coefficient (Wildman–Crippen LogP) is 3.83. The van der Waals surface area contributed by atoms with E-state index in [0.717, 1.165) is 6.29 Å². The third-order valence-corrected chi connectivity index (χ3v) is 4.49. The number of nitrogens with one attached hydrogen (secondary N) is 2. The maximum absolute atomic E-state index is 12.5. The van der Waals surface area contributed by atoms with Crippen molar-refractivity contribution in [1.82, 2.24) is 4.98 Å². The van der Waals surface area contributed by atoms with Gasteiger partial charge in [0.05, 0.1) is 21.3 Å². The average molecular weight is 375 g/mol. The SMILES string of the molecule is O=CCc1cccc(C(=O)Nc2cc3cc[nH]c(=O)c3cc2Cl)c1Cl. The highest BCUT2D eigenvalue weighted by molar-refractivity contribution is 6.37. The monoisotopic (exact) mass is 374 g/mol. The Morgan fingerprint density at radius 3 is 2.76 bits per heavy atom. The lowest BCUT2D eigenvalue weighted by atomic mass is 10.1. The molecule has 0 radical (unpaired) electrons. The molecule has 0 aliphatic heterocycles. The molecular formula is C18H12Cl2N2O3. The quantitative estimate of drug-likeness (QED) is 0.681. The zero-order chi connectivity index (χ0) is 18.0. The van der Waals surface area contributed by atoms with Gasteiger partial charge in [-0.15, -0.1) is 0 Å². The van der Waals surface area contributed by atoms with Crippen LogP contribution in [0, 0.1) is 0 Å². The molecule has 0 saturated carbocycles. The second-order valence-electron chi connectivity index (χ2n) is 5.33. The van der Waals surface area contributed by atoms with Crippen LogP contribution in [0.3, 0.4) is 0 Å². The van der Waals surface area contributed by atoms with Gasteiger partial charge in [0.1, 0.15) is 6.29 Å². The van der Waals surface area contributed by atoms with Gasteiger partial charge in [0.25, 0.3) is 11.5 Å². The number of rotatable bonds is 4. The maximum Gasteiger partial charge on any atom is 0.257 e. The van der Waals surface area contributed by atoms with Crippen molar-refractivity contribution in [3.63, 3.8) is 0 Å². The average Bonchev–Trinajstić information content (AvgIpc) is 2.58. The van der Waals surface area contributed by atoms with Crippen molar-refractivity contribution in [1.29, 1.82) is 0 Å². The number of hydrogen-bond acceptors (Lipinski definition) is 3. The van der Waals surface area contributed by atoms with Gasteiger partial charge in [-0.1, -0.05) is 35.3 Å². The Morgan fingerprint density at radius 2 is 2.00 bits per heavy atom. The van der Waals surface area contributed by atoms with Gasteiger partial charge in [0.2, 0.25) is 0 Å². The molecule has 0 unspecified atom stereocenters. The van der Waals surface area contributed by atoms with Crippen LogP contribution in [0.15, 0.2) is 47.4 Å². The molecule has 5 nitrogen and oxygen atoms in total. The number of benzene rings is 2. The third kappa shape index (κ3) is 3.43. The zero-order valence-corrected chi connectivity index (χ0v) is 14.3. The molecule has 0 aliphatic rings. The number of carbonyl (C=O) groups excluding carboxylic acids is 2. The van der Waals surface area contributed by atoms with E-state index in [1.165, 1.54) is 12.3 Å². The van der Waals surface area contributed by atoms with E-state index in [2.05, 4.69) is 10.3 Å². The van der Waals surface area contributed by atoms with Crippen LogP contribution in [-0.4, -0.2) is 17.2 Å². The molecule has 2 aromatic carbocycles. The molecule has 0 fully saturated rings. The number of aromatic amines is 1. The van der Waals surface area contributed by atoms with E-state index >= 15 is 0 Å². The van der Waals surface area contributed by atoms with Crippen molar-refractivity contribution in [2.24, 2.45) is 0 Å². The molecule has 0 atom stereocenters. The Balaban J connectivity index is 1.98. The fraction of sp³-hybridized carbons (Fsp3) is 0.0556. The van der Waals surface area contributed by atoms with Crippen molar-refractivity contribution in [2.75, 3.05) is 5.32 Å². The summed E-state index contributed by atoms with van der Waals surface area (Å²) in [6, 6.07) is 9.72. The molecule has 1 amide bonds. The highest BCUT2D eigenvalue weighted by atomic mass is 35.5. The number of aldehydes is 1. The van der Waals surface area contributed by atoms with Gasteiger partial charge in [-0.25, -0.2) is 0 Å². The Morgan fingerprint density at radius 1 is 1.20 bits per heavy atom. The summed E-state index contributed by atoms with van der Waals surface area (Å²) in [5, 5.41) is 4.22. The molecule has 0 saturated heterocycles. The van der Waals surface area contributed by atoms with Crippen LogP contribution in [0.25, 0.3) is 10.8 Å². The van der Waals surface area contributed by atoms with Gasteiger partial charge in [-0.05, 0) is 35.2 Å². The lowest BCUT2D eigenvalue weighted by Crippen LogP contribution is -2.14. The fourth-order valence-electron chi connectivity index (χ4n) is 2.50. The number of anilines is 1. The zero-order valence-electron chi connectivity index (χ0n) is 12.8. The molecule has 3 rings (SSSR count). The number of halogens is 2. The standard InChI is InChI=1S/C18H12Cl2N2O3/c19-14-9-13-11(4-6-21-17(13)24)8-15(14)22-18(25)12-3-1-2-10(5-7-23)16(12)20/h1-4,6-9H,5H2,(H,21,24)(H,22,25). The second-order valence-corrected chi connectivity index (χ2v) is 6.11. The van der Waals surface area contributed by atoms with Gasteiger partial charge < -0.3 is 15.1 Å². The largest absolute Gasteiger partial charge is 0.329 e. The van der Waals surface area contributed by atoms with Crippen molar-refractivity contribution >= 4 is 51.9 Å². The van der Waals surface area contributed by atoms with Crippen LogP contribution in [-0.2, 0) is 11.2 Å². The van der Waals surface area contributed by atoms with Crippen molar-refractivity contribution in [2.45, 2.75) is 6.42 Å². The van der Waals surface area contributed by atoms with E-state index in [-0.39, 0.29) is 27.6 Å². The maximum atomic E-state index is 12.5. The number of carbonyl (C=O) groups is 2. The summed E-state index contributed by atoms with van der Waals surface area (Å²) in [6.07, 6.45) is 2.37. The Labute approximate surface area is 152 Å². The molecule has 1 aromatic heterocycles. The Hall–Kier alpha value is -2.63. The van der Waals surface area contributed by atoms with E-state index in [9.17, 15) is 14.4 Å². The van der Waals surface area contributed by atoms with E-state index in [1.807, 2.05) is 0 Å². The number of hydrogen-bond donors (Lipinski definition) is 2. The topological polar surface area (TPSA) is 79.0 Å². The lowest BCUT2D eigenvalue weighted by molar-refractivity contribution is -0.107. The molecular weight excluding hydrogens is 363 g/mol. The van der Waals surface area contributed by atoms with Gasteiger partial charge >= 0.3 is 0 Å². The van der Waals surface area contributed by atoms with Gasteiger partial charge in [-0.2, -0.15) is 0 Å². The predicted molar refractivity (Wildman–Crippen MR) is 98.8 cm³/mol. The first kappa shape index (κ1) is 17.2. The normalized spacial score (nSPS) is 10.6. The van der Waals surface area contributed by atoms with E-state index < -0.39 is 5.91 Å². The van der Waals surface area contributed by atoms with Crippen molar-refractivity contribution < 1.29 is 9.59 Å². The molecule has 126 valence electrons. The summed E-state index contributed by atoms with van der Waals surface area (Å²) >= 11 is 12.4. The van der Waals surface area contributed by atoms with Crippen LogP contribution in [0.4, 0.5) is 5.69 Å². The third-order valence-electron chi connectivity index (χ3n) is 3.74. The molecule has 0 aliphatic carbocycles. The summed E-state index contributed by atoms with van der Waals surface area (Å²) in [5.41, 5.74) is 0.909. The van der Waals surface area contributed by atoms with E-state index in [1.54, 1.807) is 30.3 Å². The first-order valence-electron chi connectivity index (χ1n) is 7.34. The summed E-state index contributed by atoms with van der Waals surface area (Å²) in [5.74, 6) is -0.455. The van der Waals surface area contributed by atoms with Crippen molar-refractivity contribution in [3.8, 4) is 0 Å². The highest BCUT2D eigenvalue weighted by Gasteiger charge is 2.15. The first-order valence-corrected chi connectivity index (χ1v) is 8.10.